The SMILES string of the molecule is CCCNc1cc(C(=O)NCC(C)OCC)c(Cl)cn1. The van der Waals surface area contributed by atoms with Gasteiger partial charge in [-0.1, -0.05) is 18.5 Å². The molecular formula is C14H22ClN3O2. The van der Waals surface area contributed by atoms with Crippen molar-refractivity contribution in [1.82, 2.24) is 10.3 Å². The minimum absolute atomic E-state index is 0.0257. The van der Waals surface area contributed by atoms with Crippen LogP contribution in [0.15, 0.2) is 12.3 Å². The summed E-state index contributed by atoms with van der Waals surface area (Å²) in [6.07, 6.45) is 2.44. The molecule has 1 atom stereocenters. The van der Waals surface area contributed by atoms with Crippen LogP contribution in [-0.2, 0) is 4.74 Å². The number of ether oxygens (including phenoxy) is 1. The third kappa shape index (κ3) is 5.35. The van der Waals surface area contributed by atoms with Gasteiger partial charge in [0.15, 0.2) is 0 Å². The Morgan fingerprint density at radius 1 is 1.50 bits per heavy atom. The molecule has 1 heterocycles. The summed E-state index contributed by atoms with van der Waals surface area (Å²) < 4.78 is 5.36. The van der Waals surface area contributed by atoms with E-state index in [1.165, 1.54) is 6.20 Å². The maximum Gasteiger partial charge on any atom is 0.253 e. The number of nitrogens with one attached hydrogen (secondary N) is 2. The Kier molecular flexibility index (Phi) is 7.33. The summed E-state index contributed by atoms with van der Waals surface area (Å²) in [6.45, 7) is 7.76. The van der Waals surface area contributed by atoms with E-state index in [1.54, 1.807) is 6.07 Å². The molecule has 0 bridgehead atoms. The predicted octanol–water partition coefficient (Wildman–Crippen LogP) is 2.71. The van der Waals surface area contributed by atoms with Crippen LogP contribution in [0.3, 0.4) is 0 Å². The Labute approximate surface area is 125 Å². The number of hydrogen-bond acceptors (Lipinski definition) is 4. The summed E-state index contributed by atoms with van der Waals surface area (Å²) >= 11 is 6.02. The number of pyridine rings is 1. The summed E-state index contributed by atoms with van der Waals surface area (Å²) in [5.41, 5.74) is 0.420. The van der Waals surface area contributed by atoms with Crippen LogP contribution >= 0.6 is 11.6 Å². The average Bonchev–Trinajstić information content (AvgIpc) is 2.44. The summed E-state index contributed by atoms with van der Waals surface area (Å²) in [5, 5.41) is 6.27. The van der Waals surface area contributed by atoms with Crippen molar-refractivity contribution in [3.63, 3.8) is 0 Å². The Bertz CT molecular complexity index is 440. The second kappa shape index (κ2) is 8.76. The number of anilines is 1. The van der Waals surface area contributed by atoms with Crippen molar-refractivity contribution in [2.75, 3.05) is 25.0 Å². The Balaban J connectivity index is 2.66. The molecule has 0 aliphatic rings. The predicted molar refractivity (Wildman–Crippen MR) is 81.4 cm³/mol. The normalized spacial score (nSPS) is 12.0. The molecular weight excluding hydrogens is 278 g/mol. The molecule has 5 nitrogen and oxygen atoms in total. The molecule has 1 aromatic rings. The van der Waals surface area contributed by atoms with Gasteiger partial charge in [0.1, 0.15) is 5.82 Å². The van der Waals surface area contributed by atoms with E-state index >= 15 is 0 Å². The van der Waals surface area contributed by atoms with Gasteiger partial charge in [-0.25, -0.2) is 4.98 Å². The van der Waals surface area contributed by atoms with E-state index < -0.39 is 0 Å². The van der Waals surface area contributed by atoms with Gasteiger partial charge >= 0.3 is 0 Å². The van der Waals surface area contributed by atoms with Crippen LogP contribution in [-0.4, -0.2) is 36.7 Å². The van der Waals surface area contributed by atoms with Crippen molar-refractivity contribution in [3.8, 4) is 0 Å². The lowest BCUT2D eigenvalue weighted by Crippen LogP contribution is -2.32. The summed E-state index contributed by atoms with van der Waals surface area (Å²) in [4.78, 5) is 16.2. The van der Waals surface area contributed by atoms with Gasteiger partial charge in [0.2, 0.25) is 0 Å². The molecule has 0 fully saturated rings. The summed E-state index contributed by atoms with van der Waals surface area (Å²) in [5.74, 6) is 0.433. The van der Waals surface area contributed by atoms with Gasteiger partial charge in [0, 0.05) is 25.9 Å². The van der Waals surface area contributed by atoms with Crippen LogP contribution in [0.1, 0.15) is 37.6 Å². The molecule has 0 saturated heterocycles. The lowest BCUT2D eigenvalue weighted by Gasteiger charge is -2.13. The van der Waals surface area contributed by atoms with Crippen LogP contribution in [0.25, 0.3) is 0 Å². The average molecular weight is 300 g/mol. The minimum atomic E-state index is -0.219. The molecule has 6 heteroatoms. The first-order chi connectivity index (χ1) is 9.58. The highest BCUT2D eigenvalue weighted by Crippen LogP contribution is 2.18. The van der Waals surface area contributed by atoms with Gasteiger partial charge in [-0.3, -0.25) is 4.79 Å². The zero-order chi connectivity index (χ0) is 15.0. The molecule has 0 aromatic carbocycles. The molecule has 1 rings (SSSR count). The van der Waals surface area contributed by atoms with Gasteiger partial charge in [0.05, 0.1) is 16.7 Å². The van der Waals surface area contributed by atoms with Crippen LogP contribution < -0.4 is 10.6 Å². The number of nitrogens with zero attached hydrogens (tertiary/aromatic N) is 1. The van der Waals surface area contributed by atoms with Gasteiger partial charge in [0.25, 0.3) is 5.91 Å². The molecule has 2 N–H and O–H groups in total. The third-order valence-electron chi connectivity index (χ3n) is 2.66. The quantitative estimate of drug-likeness (QED) is 0.775. The van der Waals surface area contributed by atoms with Crippen LogP contribution in [0.2, 0.25) is 5.02 Å². The van der Waals surface area contributed by atoms with Crippen molar-refractivity contribution >= 4 is 23.3 Å². The van der Waals surface area contributed by atoms with E-state index in [9.17, 15) is 4.79 Å². The van der Waals surface area contributed by atoms with Crippen LogP contribution in [0.4, 0.5) is 5.82 Å². The van der Waals surface area contributed by atoms with Crippen LogP contribution in [0, 0.1) is 0 Å². The second-order valence-electron chi connectivity index (χ2n) is 4.45. The van der Waals surface area contributed by atoms with Gasteiger partial charge < -0.3 is 15.4 Å². The lowest BCUT2D eigenvalue weighted by atomic mass is 10.2. The lowest BCUT2D eigenvalue weighted by molar-refractivity contribution is 0.0695. The van der Waals surface area contributed by atoms with E-state index in [4.69, 9.17) is 16.3 Å². The maximum absolute atomic E-state index is 12.1. The first-order valence-electron chi connectivity index (χ1n) is 6.87. The number of amides is 1. The second-order valence-corrected chi connectivity index (χ2v) is 4.86. The highest BCUT2D eigenvalue weighted by molar-refractivity contribution is 6.33. The largest absolute Gasteiger partial charge is 0.377 e. The molecule has 1 unspecified atom stereocenters. The summed E-state index contributed by atoms with van der Waals surface area (Å²) in [6, 6.07) is 1.67. The van der Waals surface area contributed by atoms with Gasteiger partial charge in [-0.15, -0.1) is 0 Å². The highest BCUT2D eigenvalue weighted by Gasteiger charge is 2.13. The molecule has 0 aliphatic carbocycles. The first-order valence-corrected chi connectivity index (χ1v) is 7.25. The zero-order valence-corrected chi connectivity index (χ0v) is 13.0. The fourth-order valence-corrected chi connectivity index (χ4v) is 1.83. The zero-order valence-electron chi connectivity index (χ0n) is 12.2. The van der Waals surface area contributed by atoms with E-state index in [0.717, 1.165) is 13.0 Å². The van der Waals surface area contributed by atoms with E-state index in [1.807, 2.05) is 13.8 Å². The Morgan fingerprint density at radius 2 is 2.25 bits per heavy atom. The van der Waals surface area contributed by atoms with E-state index in [-0.39, 0.29) is 12.0 Å². The molecule has 0 spiro atoms. The minimum Gasteiger partial charge on any atom is -0.377 e. The molecule has 20 heavy (non-hydrogen) atoms. The van der Waals surface area contributed by atoms with Crippen molar-refractivity contribution in [2.24, 2.45) is 0 Å². The van der Waals surface area contributed by atoms with Crippen molar-refractivity contribution in [1.29, 1.82) is 0 Å². The van der Waals surface area contributed by atoms with Crippen molar-refractivity contribution < 1.29 is 9.53 Å². The molecule has 1 amide bonds. The topological polar surface area (TPSA) is 63.2 Å². The van der Waals surface area contributed by atoms with Gasteiger partial charge in [-0.2, -0.15) is 0 Å². The van der Waals surface area contributed by atoms with Crippen LogP contribution in [0.5, 0.6) is 0 Å². The number of carbonyl (C=O) groups is 1. The maximum atomic E-state index is 12.1. The Hall–Kier alpha value is -1.33. The molecule has 0 radical (unpaired) electrons. The standard InChI is InChI=1S/C14H22ClN3O2/c1-4-6-16-13-7-11(12(15)9-17-13)14(19)18-8-10(3)20-5-2/h7,9-10H,4-6,8H2,1-3H3,(H,16,17)(H,18,19). The monoisotopic (exact) mass is 299 g/mol. The number of rotatable bonds is 8. The van der Waals surface area contributed by atoms with Crippen molar-refractivity contribution in [3.05, 3.63) is 22.8 Å². The number of carbonyl (C=O) groups excluding carboxylic acids is 1. The summed E-state index contributed by atoms with van der Waals surface area (Å²) in [7, 11) is 0. The molecule has 0 saturated carbocycles. The van der Waals surface area contributed by atoms with E-state index in [0.29, 0.717) is 29.6 Å². The molecule has 0 aliphatic heterocycles. The first kappa shape index (κ1) is 16.7. The third-order valence-corrected chi connectivity index (χ3v) is 2.96. The van der Waals surface area contributed by atoms with Crippen molar-refractivity contribution in [2.45, 2.75) is 33.3 Å². The molecule has 112 valence electrons. The number of halogens is 1. The number of aromatic nitrogens is 1. The smallest absolute Gasteiger partial charge is 0.253 e. The van der Waals surface area contributed by atoms with E-state index in [2.05, 4.69) is 22.5 Å². The van der Waals surface area contributed by atoms with Gasteiger partial charge in [-0.05, 0) is 26.3 Å². The molecule has 1 aromatic heterocycles. The number of hydrogen-bond donors (Lipinski definition) is 2. The fraction of sp³-hybridized carbons (Fsp3) is 0.571. The Morgan fingerprint density at radius 3 is 2.90 bits per heavy atom. The highest BCUT2D eigenvalue weighted by atomic mass is 35.5. The fourth-order valence-electron chi connectivity index (χ4n) is 1.64.